The predicted molar refractivity (Wildman–Crippen MR) is 120 cm³/mol. The maximum Gasteiger partial charge on any atom is 0.140 e. The van der Waals surface area contributed by atoms with Gasteiger partial charge in [0, 0.05) is 30.4 Å². The van der Waals surface area contributed by atoms with E-state index in [-0.39, 0.29) is 0 Å². The van der Waals surface area contributed by atoms with Gasteiger partial charge in [-0.15, -0.1) is 0 Å². The molecule has 2 aromatic rings. The predicted octanol–water partition coefficient (Wildman–Crippen LogP) is 5.31. The third-order valence-corrected chi connectivity index (χ3v) is 9.62. The van der Waals surface area contributed by atoms with Crippen molar-refractivity contribution < 1.29 is 9.59 Å². The van der Waals surface area contributed by atoms with Crippen LogP contribution in [0.15, 0.2) is 54.6 Å². The zero-order valence-corrected chi connectivity index (χ0v) is 19.4. The van der Waals surface area contributed by atoms with Crippen molar-refractivity contribution in [2.24, 2.45) is 0 Å². The van der Waals surface area contributed by atoms with E-state index in [0.29, 0.717) is 10.8 Å². The highest BCUT2D eigenvalue weighted by molar-refractivity contribution is 7.06. The molecule has 2 rings (SSSR count). The molecule has 0 aromatic heterocycles. The summed E-state index contributed by atoms with van der Waals surface area (Å²) in [5, 5.41) is 0.603. The average Bonchev–Trinajstić information content (AvgIpc) is 2.65. The number of hydrogen-bond donors (Lipinski definition) is 0. The zero-order valence-electron chi connectivity index (χ0n) is 17.4. The van der Waals surface area contributed by atoms with E-state index in [9.17, 15) is 9.59 Å². The van der Waals surface area contributed by atoms with Crippen LogP contribution in [0.2, 0.25) is 38.8 Å². The first-order valence-corrected chi connectivity index (χ1v) is 16.2. The van der Waals surface area contributed by atoms with Gasteiger partial charge in [0.15, 0.2) is 0 Å². The van der Waals surface area contributed by atoms with Crippen molar-refractivity contribution >= 4 is 32.6 Å². The molecule has 0 N–H and O–H groups in total. The van der Waals surface area contributed by atoms with Crippen molar-refractivity contribution in [2.45, 2.75) is 38.8 Å². The summed E-state index contributed by atoms with van der Waals surface area (Å²) in [4.78, 5) is 27.4. The lowest BCUT2D eigenvalue weighted by Crippen LogP contribution is -2.40. The molecule has 0 aliphatic carbocycles. The highest BCUT2D eigenvalue weighted by atomic mass is 28.3. The molecule has 0 fully saturated rings. The Morgan fingerprint density at radius 2 is 1.30 bits per heavy atom. The first kappa shape index (κ1) is 21.3. The smallest absolute Gasteiger partial charge is 0.140 e. The van der Waals surface area contributed by atoms with E-state index < -0.39 is 16.1 Å². The van der Waals surface area contributed by atoms with E-state index >= 15 is 0 Å². The molecule has 5 heteroatoms. The lowest BCUT2D eigenvalue weighted by atomic mass is 10.2. The van der Waals surface area contributed by atoms with Gasteiger partial charge in [-0.1, -0.05) is 63.1 Å². The summed E-state index contributed by atoms with van der Waals surface area (Å²) in [6.45, 7) is 11.3. The fourth-order valence-corrected chi connectivity index (χ4v) is 6.07. The summed E-state index contributed by atoms with van der Waals surface area (Å²) in [5.74, 6) is 0. The molecule has 27 heavy (non-hydrogen) atoms. The molecular formula is C22H31NO2Si2. The second kappa shape index (κ2) is 8.36. The van der Waals surface area contributed by atoms with Crippen molar-refractivity contribution in [3.63, 3.8) is 0 Å². The molecule has 2 aromatic carbocycles. The molecule has 0 spiro atoms. The third-order valence-electron chi connectivity index (χ3n) is 4.97. The minimum atomic E-state index is -2.03. The maximum absolute atomic E-state index is 12.8. The largest absolute Gasteiger partial charge is 0.375 e. The number of nitrogens with zero attached hydrogens (tertiary/aromatic N) is 1. The molecular weight excluding hydrogens is 366 g/mol. The van der Waals surface area contributed by atoms with Crippen LogP contribution in [-0.4, -0.2) is 40.6 Å². The molecule has 0 aliphatic rings. The molecule has 144 valence electrons. The Balaban J connectivity index is 2.01. The van der Waals surface area contributed by atoms with Gasteiger partial charge in [-0.05, 0) is 30.3 Å². The topological polar surface area (TPSA) is 37.4 Å². The Hall–Kier alpha value is -1.99. The summed E-state index contributed by atoms with van der Waals surface area (Å²) in [5.41, 5.74) is 2.71. The van der Waals surface area contributed by atoms with E-state index in [1.165, 1.54) is 0 Å². The second-order valence-corrected chi connectivity index (χ2v) is 18.6. The highest BCUT2D eigenvalue weighted by Gasteiger charge is 2.31. The summed E-state index contributed by atoms with van der Waals surface area (Å²) in [6, 6.07) is 18.4. The Labute approximate surface area is 165 Å². The fourth-order valence-electron chi connectivity index (χ4n) is 2.97. The number of rotatable bonds is 8. The maximum atomic E-state index is 12.8. The van der Waals surface area contributed by atoms with Crippen LogP contribution in [0.25, 0.3) is 0 Å². The van der Waals surface area contributed by atoms with Gasteiger partial charge >= 0.3 is 0 Å². The van der Waals surface area contributed by atoms with Gasteiger partial charge in [-0.25, -0.2) is 0 Å². The Morgan fingerprint density at radius 3 is 1.81 bits per heavy atom. The summed E-state index contributed by atoms with van der Waals surface area (Å²) >= 11 is 0. The molecule has 0 unspecified atom stereocenters. The Bertz CT molecular complexity index is 793. The second-order valence-electron chi connectivity index (χ2n) is 8.88. The van der Waals surface area contributed by atoms with E-state index in [4.69, 9.17) is 0 Å². The van der Waals surface area contributed by atoms with E-state index in [2.05, 4.69) is 37.6 Å². The summed E-state index contributed by atoms with van der Waals surface area (Å²) < 4.78 is 0. The first-order chi connectivity index (χ1) is 12.5. The van der Waals surface area contributed by atoms with Crippen molar-refractivity contribution in [3.05, 3.63) is 65.7 Å². The van der Waals surface area contributed by atoms with Crippen molar-refractivity contribution in [1.29, 1.82) is 0 Å². The minimum Gasteiger partial charge on any atom is -0.375 e. The molecule has 0 bridgehead atoms. The molecule has 0 heterocycles. The van der Waals surface area contributed by atoms with Crippen LogP contribution < -0.4 is 4.90 Å². The van der Waals surface area contributed by atoms with Crippen molar-refractivity contribution in [3.8, 4) is 0 Å². The Kier molecular flexibility index (Phi) is 6.60. The van der Waals surface area contributed by atoms with Gasteiger partial charge in [-0.3, -0.25) is 0 Å². The summed E-state index contributed by atoms with van der Waals surface area (Å²) in [7, 11) is -1.79. The Morgan fingerprint density at radius 1 is 0.778 bits per heavy atom. The van der Waals surface area contributed by atoms with Crippen LogP contribution in [0.1, 0.15) is 20.7 Å². The molecule has 3 nitrogen and oxygen atoms in total. The monoisotopic (exact) mass is 397 g/mol. The van der Waals surface area contributed by atoms with Crippen LogP contribution in [0.5, 0.6) is 0 Å². The normalized spacial score (nSPS) is 11.9. The number of carbonyl (C=O) groups is 2. The standard InChI is InChI=1S/C22H31NO2Si2/c1-23(20-14-12-19(13-15-20)21(24)26(2,3)4)16-17-27(5,6)22(25)18-10-8-7-9-11-18/h7-15H,16-17H2,1-6H3. The van der Waals surface area contributed by atoms with Crippen LogP contribution in [-0.2, 0) is 0 Å². The SMILES string of the molecule is CN(CC[Si](C)(C)C(=O)c1ccccc1)c1ccc(C(=O)[Si](C)(C)C)cc1. The van der Waals surface area contributed by atoms with E-state index in [0.717, 1.165) is 29.4 Å². The van der Waals surface area contributed by atoms with Crippen molar-refractivity contribution in [1.82, 2.24) is 0 Å². The van der Waals surface area contributed by atoms with Gasteiger partial charge in [-0.2, -0.15) is 0 Å². The fraction of sp³-hybridized carbons (Fsp3) is 0.364. The lowest BCUT2D eigenvalue weighted by molar-refractivity contribution is 0.106. The summed E-state index contributed by atoms with van der Waals surface area (Å²) in [6.07, 6.45) is 0. The number of anilines is 1. The molecule has 0 saturated heterocycles. The number of hydrogen-bond acceptors (Lipinski definition) is 3. The molecule has 0 atom stereocenters. The van der Waals surface area contributed by atoms with Gasteiger partial charge in [0.05, 0.1) is 0 Å². The highest BCUT2D eigenvalue weighted by Crippen LogP contribution is 2.21. The van der Waals surface area contributed by atoms with Crippen molar-refractivity contribution in [2.75, 3.05) is 18.5 Å². The number of carbonyl (C=O) groups excluding carboxylic acids is 2. The third kappa shape index (κ3) is 5.50. The van der Waals surface area contributed by atoms with Crippen LogP contribution in [0, 0.1) is 0 Å². The molecule has 0 amide bonds. The molecule has 0 aliphatic heterocycles. The van der Waals surface area contributed by atoms with Crippen LogP contribution >= 0.6 is 0 Å². The quantitative estimate of drug-likeness (QED) is 0.566. The van der Waals surface area contributed by atoms with Gasteiger partial charge in [0.2, 0.25) is 0 Å². The first-order valence-electron chi connectivity index (χ1n) is 9.48. The molecule has 0 radical (unpaired) electrons. The average molecular weight is 398 g/mol. The van der Waals surface area contributed by atoms with E-state index in [1.807, 2.05) is 61.6 Å². The lowest BCUT2D eigenvalue weighted by Gasteiger charge is -2.26. The zero-order chi connectivity index (χ0) is 20.2. The molecule has 0 saturated carbocycles. The van der Waals surface area contributed by atoms with Gasteiger partial charge in [0.25, 0.3) is 0 Å². The van der Waals surface area contributed by atoms with Gasteiger partial charge in [0.1, 0.15) is 27.0 Å². The van der Waals surface area contributed by atoms with Crippen LogP contribution in [0.3, 0.4) is 0 Å². The number of benzene rings is 2. The van der Waals surface area contributed by atoms with Gasteiger partial charge < -0.3 is 14.5 Å². The van der Waals surface area contributed by atoms with E-state index in [1.54, 1.807) is 0 Å². The minimum absolute atomic E-state index is 0.290. The van der Waals surface area contributed by atoms with Crippen LogP contribution in [0.4, 0.5) is 5.69 Å².